The van der Waals surface area contributed by atoms with E-state index in [9.17, 15) is 9.59 Å². The van der Waals surface area contributed by atoms with Crippen molar-refractivity contribution in [3.63, 3.8) is 0 Å². The number of amides is 3. The summed E-state index contributed by atoms with van der Waals surface area (Å²) in [5.41, 5.74) is 1.84. The van der Waals surface area contributed by atoms with Gasteiger partial charge in [0.05, 0.1) is 6.54 Å². The van der Waals surface area contributed by atoms with E-state index in [0.717, 1.165) is 95.0 Å². The molecule has 3 amide bonds. The molecule has 0 aliphatic carbocycles. The van der Waals surface area contributed by atoms with Gasteiger partial charge in [0.2, 0.25) is 5.91 Å². The van der Waals surface area contributed by atoms with E-state index < -0.39 is 0 Å². The molecule has 2 heterocycles. The van der Waals surface area contributed by atoms with Crippen molar-refractivity contribution in [1.29, 1.82) is 0 Å². The number of anilines is 1. The molecule has 1 aromatic carbocycles. The SMILES string of the molecule is CCNC(=NCc1cccc(NC(=O)N2CCCC2)c1)NCCCN1CCCCCC1=O. The van der Waals surface area contributed by atoms with Gasteiger partial charge in [-0.2, -0.15) is 0 Å². The number of rotatable bonds is 8. The van der Waals surface area contributed by atoms with E-state index in [1.54, 1.807) is 0 Å². The van der Waals surface area contributed by atoms with Crippen molar-refractivity contribution in [2.75, 3.05) is 44.6 Å². The number of benzene rings is 1. The molecular weight excluding hydrogens is 404 g/mol. The molecule has 0 bridgehead atoms. The second-order valence-corrected chi connectivity index (χ2v) is 8.49. The Labute approximate surface area is 191 Å². The van der Waals surface area contributed by atoms with Crippen LogP contribution in [-0.2, 0) is 11.3 Å². The zero-order valence-electron chi connectivity index (χ0n) is 19.4. The summed E-state index contributed by atoms with van der Waals surface area (Å²) < 4.78 is 0. The van der Waals surface area contributed by atoms with Gasteiger partial charge in [-0.15, -0.1) is 0 Å². The molecule has 0 saturated carbocycles. The first-order valence-electron chi connectivity index (χ1n) is 12.1. The van der Waals surface area contributed by atoms with E-state index in [4.69, 9.17) is 0 Å². The van der Waals surface area contributed by atoms with Crippen molar-refractivity contribution in [2.45, 2.75) is 58.4 Å². The lowest BCUT2D eigenvalue weighted by molar-refractivity contribution is -0.130. The van der Waals surface area contributed by atoms with E-state index in [-0.39, 0.29) is 6.03 Å². The fraction of sp³-hybridized carbons (Fsp3) is 0.625. The molecule has 0 spiro atoms. The molecule has 32 heavy (non-hydrogen) atoms. The molecule has 1 aromatic rings. The van der Waals surface area contributed by atoms with Crippen LogP contribution in [0.2, 0.25) is 0 Å². The summed E-state index contributed by atoms with van der Waals surface area (Å²) in [5, 5.41) is 9.64. The lowest BCUT2D eigenvalue weighted by Crippen LogP contribution is -2.39. The predicted molar refractivity (Wildman–Crippen MR) is 129 cm³/mol. The number of carbonyl (C=O) groups excluding carboxylic acids is 2. The quantitative estimate of drug-likeness (QED) is 0.328. The Morgan fingerprint density at radius 3 is 2.69 bits per heavy atom. The highest BCUT2D eigenvalue weighted by Crippen LogP contribution is 2.15. The van der Waals surface area contributed by atoms with Crippen molar-refractivity contribution in [2.24, 2.45) is 4.99 Å². The average molecular weight is 443 g/mol. The average Bonchev–Trinajstić information content (AvgIpc) is 3.26. The van der Waals surface area contributed by atoms with Crippen LogP contribution in [0.3, 0.4) is 0 Å². The third-order valence-electron chi connectivity index (χ3n) is 5.90. The Morgan fingerprint density at radius 2 is 1.88 bits per heavy atom. The molecule has 3 N–H and O–H groups in total. The molecule has 8 nitrogen and oxygen atoms in total. The van der Waals surface area contributed by atoms with Crippen LogP contribution in [-0.4, -0.2) is 67.0 Å². The maximum atomic E-state index is 12.3. The highest BCUT2D eigenvalue weighted by atomic mass is 16.2. The van der Waals surface area contributed by atoms with E-state index in [1.165, 1.54) is 0 Å². The van der Waals surface area contributed by atoms with E-state index in [0.29, 0.717) is 18.9 Å². The lowest BCUT2D eigenvalue weighted by Gasteiger charge is -2.20. The molecule has 0 unspecified atom stereocenters. The van der Waals surface area contributed by atoms with Crippen LogP contribution in [0.5, 0.6) is 0 Å². The largest absolute Gasteiger partial charge is 0.357 e. The number of nitrogens with one attached hydrogen (secondary N) is 3. The molecular formula is C24H38N6O2. The first kappa shape index (κ1) is 23.9. The summed E-state index contributed by atoms with van der Waals surface area (Å²) in [5.74, 6) is 1.06. The van der Waals surface area contributed by atoms with Crippen LogP contribution < -0.4 is 16.0 Å². The van der Waals surface area contributed by atoms with Crippen LogP contribution in [0.25, 0.3) is 0 Å². The van der Waals surface area contributed by atoms with Crippen LogP contribution in [0.4, 0.5) is 10.5 Å². The number of nitrogens with zero attached hydrogens (tertiary/aromatic N) is 3. The summed E-state index contributed by atoms with van der Waals surface area (Å²) >= 11 is 0. The van der Waals surface area contributed by atoms with Crippen molar-refractivity contribution < 1.29 is 9.59 Å². The van der Waals surface area contributed by atoms with Crippen LogP contribution in [0.1, 0.15) is 57.4 Å². The Balaban J connectivity index is 1.46. The first-order chi connectivity index (χ1) is 15.7. The van der Waals surface area contributed by atoms with Gasteiger partial charge in [-0.05, 0) is 56.7 Å². The number of aliphatic imine (C=N–C) groups is 1. The van der Waals surface area contributed by atoms with Crippen molar-refractivity contribution >= 4 is 23.6 Å². The number of likely N-dealkylation sites (tertiary alicyclic amines) is 2. The van der Waals surface area contributed by atoms with E-state index in [2.05, 4.69) is 20.9 Å². The minimum atomic E-state index is -0.0268. The van der Waals surface area contributed by atoms with Gasteiger partial charge >= 0.3 is 6.03 Å². The van der Waals surface area contributed by atoms with Gasteiger partial charge in [0.25, 0.3) is 0 Å². The number of hydrogen-bond acceptors (Lipinski definition) is 3. The van der Waals surface area contributed by atoms with Gasteiger partial charge in [0, 0.05) is 51.4 Å². The summed E-state index contributed by atoms with van der Waals surface area (Å²) in [6.07, 6.45) is 7.03. The summed E-state index contributed by atoms with van der Waals surface area (Å²) in [6, 6.07) is 7.83. The molecule has 2 fully saturated rings. The Bertz CT molecular complexity index is 776. The van der Waals surface area contributed by atoms with Gasteiger partial charge in [-0.3, -0.25) is 4.79 Å². The molecule has 0 radical (unpaired) electrons. The minimum Gasteiger partial charge on any atom is -0.357 e. The fourth-order valence-electron chi connectivity index (χ4n) is 4.13. The van der Waals surface area contributed by atoms with E-state index >= 15 is 0 Å². The van der Waals surface area contributed by atoms with Gasteiger partial charge in [-0.1, -0.05) is 18.6 Å². The molecule has 3 rings (SSSR count). The molecule has 8 heteroatoms. The van der Waals surface area contributed by atoms with Gasteiger partial charge in [0.1, 0.15) is 0 Å². The molecule has 0 atom stereocenters. The number of carbonyl (C=O) groups is 2. The summed E-state index contributed by atoms with van der Waals surface area (Å²) in [4.78, 5) is 33.0. The lowest BCUT2D eigenvalue weighted by atomic mass is 10.2. The molecule has 2 aliphatic rings. The number of urea groups is 1. The topological polar surface area (TPSA) is 89.1 Å². The molecule has 2 aliphatic heterocycles. The third kappa shape index (κ3) is 7.73. The van der Waals surface area contributed by atoms with Crippen LogP contribution in [0, 0.1) is 0 Å². The van der Waals surface area contributed by atoms with Crippen LogP contribution in [0.15, 0.2) is 29.3 Å². The number of hydrogen-bond donors (Lipinski definition) is 3. The molecule has 176 valence electrons. The molecule has 0 aromatic heterocycles. The van der Waals surface area contributed by atoms with Crippen molar-refractivity contribution in [3.8, 4) is 0 Å². The van der Waals surface area contributed by atoms with Gasteiger partial charge in [-0.25, -0.2) is 9.79 Å². The Hall–Kier alpha value is -2.77. The van der Waals surface area contributed by atoms with Crippen molar-refractivity contribution in [3.05, 3.63) is 29.8 Å². The second kappa shape index (κ2) is 12.9. The summed E-state index contributed by atoms with van der Waals surface area (Å²) in [7, 11) is 0. The fourth-order valence-corrected chi connectivity index (χ4v) is 4.13. The smallest absolute Gasteiger partial charge is 0.321 e. The summed E-state index contributed by atoms with van der Waals surface area (Å²) in [6.45, 7) is 7.46. The van der Waals surface area contributed by atoms with Crippen LogP contribution >= 0.6 is 0 Å². The van der Waals surface area contributed by atoms with Gasteiger partial charge < -0.3 is 25.8 Å². The predicted octanol–water partition coefficient (Wildman–Crippen LogP) is 3.16. The highest BCUT2D eigenvalue weighted by Gasteiger charge is 2.18. The highest BCUT2D eigenvalue weighted by molar-refractivity contribution is 5.89. The Kier molecular flexibility index (Phi) is 9.65. The zero-order valence-corrected chi connectivity index (χ0v) is 19.4. The Morgan fingerprint density at radius 1 is 1.06 bits per heavy atom. The van der Waals surface area contributed by atoms with Crippen molar-refractivity contribution in [1.82, 2.24) is 20.4 Å². The van der Waals surface area contributed by atoms with E-state index in [1.807, 2.05) is 41.0 Å². The monoisotopic (exact) mass is 442 g/mol. The standard InChI is InChI=1S/C24H38N6O2/c1-2-25-23(26-13-9-17-29-14-5-3-4-12-22(29)31)27-19-20-10-8-11-21(18-20)28-24(32)30-15-6-7-16-30/h8,10-11,18H,2-7,9,12-17,19H2,1H3,(H,28,32)(H2,25,26,27). The number of guanidine groups is 1. The third-order valence-corrected chi connectivity index (χ3v) is 5.90. The zero-order chi connectivity index (χ0) is 22.6. The second-order valence-electron chi connectivity index (χ2n) is 8.49. The molecule has 2 saturated heterocycles. The normalized spacial score (nSPS) is 17.3. The maximum absolute atomic E-state index is 12.3. The van der Waals surface area contributed by atoms with Gasteiger partial charge in [0.15, 0.2) is 5.96 Å². The minimum absolute atomic E-state index is 0.0268. The maximum Gasteiger partial charge on any atom is 0.321 e. The first-order valence-corrected chi connectivity index (χ1v) is 12.1.